The van der Waals surface area contributed by atoms with E-state index in [-0.39, 0.29) is 30.6 Å². The smallest absolute Gasteiger partial charge is 0.230 e. The van der Waals surface area contributed by atoms with Crippen molar-refractivity contribution >= 4 is 67.8 Å². The maximum atomic E-state index is 13.6. The predicted octanol–water partition coefficient (Wildman–Crippen LogP) is 7.00. The van der Waals surface area contributed by atoms with Crippen LogP contribution >= 0.6 is 35.1 Å². The van der Waals surface area contributed by atoms with Gasteiger partial charge in [0, 0.05) is 48.7 Å². The number of carbonyl (C=O) groups excluding carboxylic acids is 2. The average Bonchev–Trinajstić information content (AvgIpc) is 3.68. The zero-order valence-corrected chi connectivity index (χ0v) is 24.7. The van der Waals surface area contributed by atoms with Crippen LogP contribution in [0.25, 0.3) is 20.8 Å². The molecule has 1 unspecified atom stereocenters. The van der Waals surface area contributed by atoms with E-state index in [4.69, 9.17) is 4.98 Å². The van der Waals surface area contributed by atoms with Crippen LogP contribution in [0.1, 0.15) is 22.4 Å². The van der Waals surface area contributed by atoms with Gasteiger partial charge in [-0.15, -0.1) is 35.1 Å². The minimum atomic E-state index is -0.398. The van der Waals surface area contributed by atoms with Crippen LogP contribution in [0.3, 0.4) is 0 Å². The molecule has 1 saturated heterocycles. The first kappa shape index (κ1) is 27.6. The highest BCUT2D eigenvalue weighted by molar-refractivity contribution is 7.23. The summed E-state index contributed by atoms with van der Waals surface area (Å²) in [6.45, 7) is 3.08. The molecule has 2 aliphatic heterocycles. The highest BCUT2D eigenvalue weighted by Gasteiger charge is 2.36. The van der Waals surface area contributed by atoms with Crippen molar-refractivity contribution in [3.05, 3.63) is 101 Å². The summed E-state index contributed by atoms with van der Waals surface area (Å²) in [6.07, 6.45) is 1.12. The van der Waals surface area contributed by atoms with Crippen molar-refractivity contribution in [3.63, 3.8) is 0 Å². The van der Waals surface area contributed by atoms with Crippen molar-refractivity contribution in [2.45, 2.75) is 25.9 Å². The van der Waals surface area contributed by atoms with E-state index < -0.39 is 5.92 Å². The Kier molecular flexibility index (Phi) is 7.90. The molecule has 2 amide bonds. The van der Waals surface area contributed by atoms with Gasteiger partial charge < -0.3 is 10.2 Å². The number of halogens is 1. The molecule has 1 fully saturated rings. The first-order valence-corrected chi connectivity index (χ1v) is 15.2. The summed E-state index contributed by atoms with van der Waals surface area (Å²) < 4.78 is 1.14. The highest BCUT2D eigenvalue weighted by Crippen LogP contribution is 2.46. The van der Waals surface area contributed by atoms with Crippen LogP contribution in [0, 0.1) is 5.92 Å². The summed E-state index contributed by atoms with van der Waals surface area (Å²) in [5.41, 5.74) is 5.45. The maximum Gasteiger partial charge on any atom is 0.230 e. The lowest BCUT2D eigenvalue weighted by Gasteiger charge is -2.27. The van der Waals surface area contributed by atoms with Gasteiger partial charge in [-0.1, -0.05) is 60.7 Å². The number of nitrogens with zero attached hydrogens (tertiary/aromatic N) is 3. The van der Waals surface area contributed by atoms with Crippen LogP contribution in [-0.4, -0.2) is 34.8 Å². The van der Waals surface area contributed by atoms with E-state index >= 15 is 0 Å². The summed E-state index contributed by atoms with van der Waals surface area (Å²) in [4.78, 5) is 36.9. The van der Waals surface area contributed by atoms with Crippen LogP contribution < -0.4 is 10.2 Å². The van der Waals surface area contributed by atoms with E-state index in [2.05, 4.69) is 40.5 Å². The SMILES string of the molecule is Cl.O=C(Nc1sc2c(c1-c1nc3ccccc3s1)CCN(Cc1ccccc1)C2)C1CC(=O)N(c2ccccc2)C1. The molecule has 4 heterocycles. The van der Waals surface area contributed by atoms with Gasteiger partial charge in [0.2, 0.25) is 11.8 Å². The largest absolute Gasteiger partial charge is 0.317 e. The van der Waals surface area contributed by atoms with Crippen molar-refractivity contribution in [2.24, 2.45) is 5.92 Å². The molecule has 1 N–H and O–H groups in total. The minimum absolute atomic E-state index is 0. The van der Waals surface area contributed by atoms with E-state index in [1.54, 1.807) is 27.6 Å². The lowest BCUT2D eigenvalue weighted by Crippen LogP contribution is -2.29. The molecule has 2 aromatic heterocycles. The number of fused-ring (bicyclic) bond motifs is 2. The van der Waals surface area contributed by atoms with Gasteiger partial charge >= 0.3 is 0 Å². The van der Waals surface area contributed by atoms with Gasteiger partial charge in [-0.05, 0) is 41.8 Å². The molecular weight excluding hydrogens is 572 g/mol. The minimum Gasteiger partial charge on any atom is -0.317 e. The molecule has 3 aromatic carbocycles. The Morgan fingerprint density at radius 3 is 2.46 bits per heavy atom. The number of anilines is 2. The molecule has 0 bridgehead atoms. The number of carbonyl (C=O) groups is 2. The molecule has 41 heavy (non-hydrogen) atoms. The summed E-state index contributed by atoms with van der Waals surface area (Å²) in [6, 6.07) is 28.3. The fourth-order valence-corrected chi connectivity index (χ4v) is 8.08. The molecule has 0 saturated carbocycles. The molecule has 0 radical (unpaired) electrons. The van der Waals surface area contributed by atoms with Gasteiger partial charge in [-0.3, -0.25) is 14.5 Å². The summed E-state index contributed by atoms with van der Waals surface area (Å²) in [5.74, 6) is -0.515. The molecule has 1 atom stereocenters. The predicted molar refractivity (Wildman–Crippen MR) is 170 cm³/mol. The molecule has 6 nitrogen and oxygen atoms in total. The van der Waals surface area contributed by atoms with Gasteiger partial charge in [0.15, 0.2) is 0 Å². The number of hydrogen-bond acceptors (Lipinski definition) is 6. The van der Waals surface area contributed by atoms with Crippen LogP contribution in [0.15, 0.2) is 84.9 Å². The van der Waals surface area contributed by atoms with E-state index in [9.17, 15) is 9.59 Å². The van der Waals surface area contributed by atoms with Crippen molar-refractivity contribution in [1.29, 1.82) is 0 Å². The van der Waals surface area contributed by atoms with Gasteiger partial charge in [-0.25, -0.2) is 4.98 Å². The first-order valence-electron chi connectivity index (χ1n) is 13.6. The Balaban J connectivity index is 0.00000302. The van der Waals surface area contributed by atoms with E-state index in [1.165, 1.54) is 16.0 Å². The van der Waals surface area contributed by atoms with Crippen LogP contribution in [-0.2, 0) is 29.1 Å². The third-order valence-corrected chi connectivity index (χ3v) is 9.88. The van der Waals surface area contributed by atoms with E-state index in [1.807, 2.05) is 54.6 Å². The molecule has 5 aromatic rings. The van der Waals surface area contributed by atoms with E-state index in [0.717, 1.165) is 57.5 Å². The molecular formula is C32H29ClN4O2S2. The summed E-state index contributed by atoms with van der Waals surface area (Å²) in [5, 5.41) is 5.05. The molecule has 9 heteroatoms. The fourth-order valence-electron chi connectivity index (χ4n) is 5.68. The van der Waals surface area contributed by atoms with Gasteiger partial charge in [0.1, 0.15) is 10.0 Å². The zero-order chi connectivity index (χ0) is 27.1. The summed E-state index contributed by atoms with van der Waals surface area (Å²) in [7, 11) is 0. The average molecular weight is 601 g/mol. The quantitative estimate of drug-likeness (QED) is 0.228. The first-order chi connectivity index (χ1) is 19.6. The van der Waals surface area contributed by atoms with Crippen LogP contribution in [0.5, 0.6) is 0 Å². The van der Waals surface area contributed by atoms with Crippen LogP contribution in [0.4, 0.5) is 10.7 Å². The van der Waals surface area contributed by atoms with Gasteiger partial charge in [0.25, 0.3) is 0 Å². The Morgan fingerprint density at radius 1 is 0.951 bits per heavy atom. The monoisotopic (exact) mass is 600 g/mol. The third kappa shape index (κ3) is 5.53. The normalized spacial score (nSPS) is 16.9. The number of aromatic nitrogens is 1. The number of benzene rings is 3. The zero-order valence-electron chi connectivity index (χ0n) is 22.3. The van der Waals surface area contributed by atoms with Crippen molar-refractivity contribution < 1.29 is 9.59 Å². The number of amides is 2. The third-order valence-electron chi connectivity index (χ3n) is 7.69. The Morgan fingerprint density at radius 2 is 1.68 bits per heavy atom. The second-order valence-corrected chi connectivity index (χ2v) is 12.5. The number of hydrogen-bond donors (Lipinski definition) is 1. The Labute approximate surface area is 253 Å². The Bertz CT molecular complexity index is 1670. The molecule has 0 spiro atoms. The maximum absolute atomic E-state index is 13.6. The molecule has 7 rings (SSSR count). The standard InChI is InChI=1S/C32H28N4O2S2.ClH/c37-28-17-22(19-36(28)23-11-5-2-6-12-23)30(38)34-32-29(31-33-25-13-7-8-14-26(25)39-31)24-15-16-35(20-27(24)40-32)18-21-9-3-1-4-10-21;/h1-14,22H,15-20H2,(H,34,38);1H. The summed E-state index contributed by atoms with van der Waals surface area (Å²) >= 11 is 3.33. The van der Waals surface area contributed by atoms with E-state index in [0.29, 0.717) is 6.54 Å². The number of para-hydroxylation sites is 2. The number of thiazole rings is 1. The van der Waals surface area contributed by atoms with Crippen molar-refractivity contribution in [3.8, 4) is 10.6 Å². The lowest BCUT2D eigenvalue weighted by molar-refractivity contribution is -0.122. The second kappa shape index (κ2) is 11.7. The topological polar surface area (TPSA) is 65.5 Å². The molecule has 2 aliphatic rings. The lowest BCUT2D eigenvalue weighted by atomic mass is 10.0. The van der Waals surface area contributed by atoms with Crippen LogP contribution in [0.2, 0.25) is 0 Å². The number of nitrogens with one attached hydrogen (secondary N) is 1. The highest BCUT2D eigenvalue weighted by atomic mass is 35.5. The van der Waals surface area contributed by atoms with Crippen molar-refractivity contribution in [1.82, 2.24) is 9.88 Å². The number of thiophene rings is 1. The number of rotatable bonds is 6. The second-order valence-electron chi connectivity index (χ2n) is 10.4. The molecule has 0 aliphatic carbocycles. The fraction of sp³-hybridized carbons (Fsp3) is 0.219. The van der Waals surface area contributed by atoms with Gasteiger partial charge in [0.05, 0.1) is 16.1 Å². The van der Waals surface area contributed by atoms with Crippen molar-refractivity contribution in [2.75, 3.05) is 23.3 Å². The van der Waals surface area contributed by atoms with Gasteiger partial charge in [-0.2, -0.15) is 0 Å². The Hall–Kier alpha value is -3.56. The molecule has 208 valence electrons.